The Morgan fingerprint density at radius 3 is 3.00 bits per heavy atom. The highest BCUT2D eigenvalue weighted by Gasteiger charge is 2.27. The van der Waals surface area contributed by atoms with Gasteiger partial charge in [-0.25, -0.2) is 0 Å². The molecular weight excluding hydrogens is 202 g/mol. The summed E-state index contributed by atoms with van der Waals surface area (Å²) in [5, 5.41) is 3.54. The van der Waals surface area contributed by atoms with E-state index in [1.54, 1.807) is 0 Å². The molecule has 2 aliphatic heterocycles. The van der Waals surface area contributed by atoms with Crippen molar-refractivity contribution >= 4 is 0 Å². The largest absolute Gasteiger partial charge is 0.378 e. The molecule has 0 spiro atoms. The molecule has 2 atom stereocenters. The normalized spacial score (nSPS) is 32.4. The van der Waals surface area contributed by atoms with Crippen molar-refractivity contribution in [3.05, 3.63) is 0 Å². The number of nitrogens with one attached hydrogen (secondary N) is 1. The maximum Gasteiger partial charge on any atom is 0.0632 e. The van der Waals surface area contributed by atoms with Crippen LogP contribution in [-0.4, -0.2) is 75.4 Å². The fourth-order valence-electron chi connectivity index (χ4n) is 2.78. The third-order valence-electron chi connectivity index (χ3n) is 3.53. The van der Waals surface area contributed by atoms with Crippen LogP contribution in [0.4, 0.5) is 0 Å². The van der Waals surface area contributed by atoms with Gasteiger partial charge in [-0.15, -0.1) is 0 Å². The van der Waals surface area contributed by atoms with Crippen molar-refractivity contribution in [3.8, 4) is 0 Å². The zero-order valence-electron chi connectivity index (χ0n) is 10.6. The lowest BCUT2D eigenvalue weighted by atomic mass is 10.2. The lowest BCUT2D eigenvalue weighted by Crippen LogP contribution is -2.50. The first-order valence-corrected chi connectivity index (χ1v) is 6.45. The summed E-state index contributed by atoms with van der Waals surface area (Å²) in [5.41, 5.74) is 0. The van der Waals surface area contributed by atoms with Gasteiger partial charge in [0.05, 0.1) is 13.2 Å². The Morgan fingerprint density at radius 1 is 1.44 bits per heavy atom. The number of rotatable bonds is 4. The molecule has 0 aliphatic carbocycles. The lowest BCUT2D eigenvalue weighted by molar-refractivity contribution is 0.0581. The van der Waals surface area contributed by atoms with Crippen molar-refractivity contribution < 1.29 is 4.74 Å². The predicted molar refractivity (Wildman–Crippen MR) is 65.8 cm³/mol. The highest BCUT2D eigenvalue weighted by atomic mass is 16.5. The Kier molecular flexibility index (Phi) is 4.58. The Morgan fingerprint density at radius 2 is 2.31 bits per heavy atom. The van der Waals surface area contributed by atoms with Gasteiger partial charge in [-0.1, -0.05) is 0 Å². The maximum atomic E-state index is 5.51. The van der Waals surface area contributed by atoms with Gasteiger partial charge in [0, 0.05) is 31.7 Å². The SMILES string of the molecule is CN(C)CC1CCCN1CC1COCCN1. The van der Waals surface area contributed by atoms with Crippen molar-refractivity contribution in [3.63, 3.8) is 0 Å². The van der Waals surface area contributed by atoms with Gasteiger partial charge in [0.25, 0.3) is 0 Å². The highest BCUT2D eigenvalue weighted by molar-refractivity contribution is 4.85. The van der Waals surface area contributed by atoms with Crippen LogP contribution in [0, 0.1) is 0 Å². The fourth-order valence-corrected chi connectivity index (χ4v) is 2.78. The minimum Gasteiger partial charge on any atom is -0.378 e. The van der Waals surface area contributed by atoms with Crippen LogP contribution >= 0.6 is 0 Å². The zero-order valence-corrected chi connectivity index (χ0v) is 10.6. The summed E-state index contributed by atoms with van der Waals surface area (Å²) in [7, 11) is 4.33. The summed E-state index contributed by atoms with van der Waals surface area (Å²) >= 11 is 0. The molecule has 0 bridgehead atoms. The molecule has 2 fully saturated rings. The summed E-state index contributed by atoms with van der Waals surface area (Å²) in [6.45, 7) is 6.36. The van der Waals surface area contributed by atoms with Gasteiger partial charge in [0.2, 0.25) is 0 Å². The van der Waals surface area contributed by atoms with Crippen molar-refractivity contribution in [1.29, 1.82) is 0 Å². The topological polar surface area (TPSA) is 27.7 Å². The van der Waals surface area contributed by atoms with Gasteiger partial charge in [-0.3, -0.25) is 4.90 Å². The molecule has 2 heterocycles. The molecule has 0 aromatic carbocycles. The van der Waals surface area contributed by atoms with Crippen LogP contribution in [-0.2, 0) is 4.74 Å². The van der Waals surface area contributed by atoms with E-state index in [4.69, 9.17) is 4.74 Å². The summed E-state index contributed by atoms with van der Waals surface area (Å²) in [6, 6.07) is 1.29. The Labute approximate surface area is 98.9 Å². The molecule has 0 radical (unpaired) electrons. The van der Waals surface area contributed by atoms with Crippen LogP contribution in [0.25, 0.3) is 0 Å². The molecule has 0 saturated carbocycles. The monoisotopic (exact) mass is 227 g/mol. The minimum atomic E-state index is 0.538. The van der Waals surface area contributed by atoms with Gasteiger partial charge < -0.3 is 15.0 Å². The van der Waals surface area contributed by atoms with Gasteiger partial charge in [0.15, 0.2) is 0 Å². The molecular formula is C12H25N3O. The molecule has 0 amide bonds. The molecule has 2 aliphatic rings. The molecule has 2 unspecified atom stereocenters. The predicted octanol–water partition coefficient (Wildman–Crippen LogP) is 0.000800. The van der Waals surface area contributed by atoms with E-state index in [1.165, 1.54) is 25.9 Å². The molecule has 4 nitrogen and oxygen atoms in total. The molecule has 16 heavy (non-hydrogen) atoms. The highest BCUT2D eigenvalue weighted by Crippen LogP contribution is 2.18. The van der Waals surface area contributed by atoms with E-state index in [-0.39, 0.29) is 0 Å². The number of likely N-dealkylation sites (N-methyl/N-ethyl adjacent to an activating group) is 1. The summed E-state index contributed by atoms with van der Waals surface area (Å²) in [4.78, 5) is 4.93. The molecule has 2 saturated heterocycles. The zero-order chi connectivity index (χ0) is 11.4. The fraction of sp³-hybridized carbons (Fsp3) is 1.00. The number of morpholine rings is 1. The van der Waals surface area contributed by atoms with Crippen molar-refractivity contribution in [1.82, 2.24) is 15.1 Å². The Bertz CT molecular complexity index is 204. The molecule has 4 heteroatoms. The summed E-state index contributed by atoms with van der Waals surface area (Å²) < 4.78 is 5.51. The van der Waals surface area contributed by atoms with E-state index in [0.29, 0.717) is 6.04 Å². The van der Waals surface area contributed by atoms with Crippen LogP contribution in [0.3, 0.4) is 0 Å². The lowest BCUT2D eigenvalue weighted by Gasteiger charge is -2.32. The van der Waals surface area contributed by atoms with Gasteiger partial charge in [-0.2, -0.15) is 0 Å². The minimum absolute atomic E-state index is 0.538. The van der Waals surface area contributed by atoms with Gasteiger partial charge in [0.1, 0.15) is 0 Å². The van der Waals surface area contributed by atoms with Gasteiger partial charge >= 0.3 is 0 Å². The number of nitrogens with zero attached hydrogens (tertiary/aromatic N) is 2. The van der Waals surface area contributed by atoms with Crippen LogP contribution in [0.2, 0.25) is 0 Å². The average Bonchev–Trinajstić information content (AvgIpc) is 2.66. The Hall–Kier alpha value is -0.160. The smallest absolute Gasteiger partial charge is 0.0632 e. The van der Waals surface area contributed by atoms with Gasteiger partial charge in [-0.05, 0) is 33.5 Å². The average molecular weight is 227 g/mol. The number of ether oxygens (including phenoxy) is 1. The van der Waals surface area contributed by atoms with E-state index in [0.717, 1.165) is 32.3 Å². The first-order chi connectivity index (χ1) is 7.75. The molecule has 1 N–H and O–H groups in total. The second-order valence-electron chi connectivity index (χ2n) is 5.28. The summed E-state index contributed by atoms with van der Waals surface area (Å²) in [6.07, 6.45) is 2.71. The quantitative estimate of drug-likeness (QED) is 0.732. The third kappa shape index (κ3) is 3.42. The van der Waals surface area contributed by atoms with E-state index < -0.39 is 0 Å². The number of hydrogen-bond acceptors (Lipinski definition) is 4. The van der Waals surface area contributed by atoms with Crippen LogP contribution in [0.15, 0.2) is 0 Å². The maximum absolute atomic E-state index is 5.51. The number of likely N-dealkylation sites (tertiary alicyclic amines) is 1. The van der Waals surface area contributed by atoms with Crippen LogP contribution in [0.1, 0.15) is 12.8 Å². The second kappa shape index (κ2) is 5.96. The van der Waals surface area contributed by atoms with E-state index >= 15 is 0 Å². The summed E-state index contributed by atoms with van der Waals surface area (Å²) in [5.74, 6) is 0. The van der Waals surface area contributed by atoms with Crippen molar-refractivity contribution in [2.24, 2.45) is 0 Å². The standard InChI is InChI=1S/C12H25N3O/c1-14(2)9-12-4-3-6-15(12)8-11-10-16-7-5-13-11/h11-13H,3-10H2,1-2H3. The molecule has 94 valence electrons. The van der Waals surface area contributed by atoms with E-state index in [2.05, 4.69) is 29.2 Å². The second-order valence-corrected chi connectivity index (χ2v) is 5.28. The molecule has 2 rings (SSSR count). The first kappa shape index (κ1) is 12.3. The number of hydrogen-bond donors (Lipinski definition) is 1. The van der Waals surface area contributed by atoms with Crippen molar-refractivity contribution in [2.45, 2.75) is 24.9 Å². The first-order valence-electron chi connectivity index (χ1n) is 6.45. The van der Waals surface area contributed by atoms with E-state index in [1.807, 2.05) is 0 Å². The van der Waals surface area contributed by atoms with Crippen molar-refractivity contribution in [2.75, 3.05) is 53.5 Å². The van der Waals surface area contributed by atoms with E-state index in [9.17, 15) is 0 Å². The Balaban J connectivity index is 1.78. The molecule has 0 aromatic rings. The van der Waals surface area contributed by atoms with Crippen LogP contribution < -0.4 is 5.32 Å². The molecule has 0 aromatic heterocycles. The van der Waals surface area contributed by atoms with Crippen LogP contribution in [0.5, 0.6) is 0 Å². The third-order valence-corrected chi connectivity index (χ3v) is 3.53.